The zero-order valence-corrected chi connectivity index (χ0v) is 14.0. The smallest absolute Gasteiger partial charge is 0.361 e. The zero-order chi connectivity index (χ0) is 17.5. The Bertz CT molecular complexity index is 690. The Balaban J connectivity index is 2.05. The molecule has 0 fully saturated rings. The molecule has 0 bridgehead atoms. The first-order chi connectivity index (χ1) is 11.5. The van der Waals surface area contributed by atoms with Gasteiger partial charge in [-0.1, -0.05) is 64.8 Å². The lowest BCUT2D eigenvalue weighted by molar-refractivity contribution is -0.350. The minimum Gasteiger partial charge on any atom is -0.361 e. The minimum absolute atomic E-state index is 0.0821. The van der Waals surface area contributed by atoms with Crippen molar-refractivity contribution in [2.75, 3.05) is 0 Å². The lowest BCUT2D eigenvalue weighted by Gasteiger charge is -2.19. The molecule has 0 atom stereocenters. The maximum absolute atomic E-state index is 11.8. The molecule has 0 heterocycles. The van der Waals surface area contributed by atoms with E-state index >= 15 is 0 Å². The van der Waals surface area contributed by atoms with Crippen molar-refractivity contribution in [1.29, 1.82) is 0 Å². The fourth-order valence-electron chi connectivity index (χ4n) is 1.73. The number of hydrogen-bond acceptors (Lipinski definition) is 4. The largest absolute Gasteiger partial charge is 0.361 e. The van der Waals surface area contributed by atoms with Crippen molar-refractivity contribution in [2.45, 2.75) is 13.2 Å². The highest BCUT2D eigenvalue weighted by molar-refractivity contribution is 6.33. The second-order valence-electron chi connectivity index (χ2n) is 4.66. The molecule has 2 N–H and O–H groups in total. The molecular formula is C16H14Cl2N2O4. The number of carbonyl (C=O) groups is 2. The van der Waals surface area contributed by atoms with Crippen molar-refractivity contribution in [2.24, 2.45) is 5.73 Å². The molecule has 2 aromatic rings. The molecule has 24 heavy (non-hydrogen) atoms. The summed E-state index contributed by atoms with van der Waals surface area (Å²) in [5.74, 6) is -2.36. The van der Waals surface area contributed by atoms with E-state index in [1.807, 2.05) is 0 Å². The van der Waals surface area contributed by atoms with Crippen LogP contribution in [0.1, 0.15) is 11.1 Å². The second-order valence-corrected chi connectivity index (χ2v) is 5.47. The first kappa shape index (κ1) is 18.2. The molecule has 0 aliphatic carbocycles. The van der Waals surface area contributed by atoms with Crippen LogP contribution in [0.5, 0.6) is 0 Å². The summed E-state index contributed by atoms with van der Waals surface area (Å²) < 4.78 is 0. The van der Waals surface area contributed by atoms with E-state index in [9.17, 15) is 9.59 Å². The molecule has 0 saturated carbocycles. The van der Waals surface area contributed by atoms with Gasteiger partial charge in [-0.05, 0) is 23.3 Å². The second kappa shape index (κ2) is 8.65. The maximum atomic E-state index is 11.8. The Morgan fingerprint density at radius 1 is 0.875 bits per heavy atom. The van der Waals surface area contributed by atoms with Crippen molar-refractivity contribution < 1.29 is 19.3 Å². The molecule has 126 valence electrons. The fraction of sp³-hybridized carbons (Fsp3) is 0.125. The van der Waals surface area contributed by atoms with Gasteiger partial charge in [-0.25, -0.2) is 9.68 Å². The SMILES string of the molecule is NC(=O)C(=O)N(OCc1ccccc1Cl)OCc1ccccc1Cl. The summed E-state index contributed by atoms with van der Waals surface area (Å²) in [6, 6.07) is 13.8. The molecule has 2 rings (SSSR count). The molecule has 8 heteroatoms. The monoisotopic (exact) mass is 368 g/mol. The average molecular weight is 369 g/mol. The van der Waals surface area contributed by atoms with E-state index in [1.165, 1.54) is 0 Å². The van der Waals surface area contributed by atoms with E-state index in [0.717, 1.165) is 0 Å². The Kier molecular flexibility index (Phi) is 6.57. The van der Waals surface area contributed by atoms with Crippen molar-refractivity contribution in [3.63, 3.8) is 0 Å². The van der Waals surface area contributed by atoms with Crippen molar-refractivity contribution in [1.82, 2.24) is 5.23 Å². The van der Waals surface area contributed by atoms with Crippen molar-refractivity contribution >= 4 is 35.0 Å². The lowest BCUT2D eigenvalue weighted by Crippen LogP contribution is -2.40. The van der Waals surface area contributed by atoms with Gasteiger partial charge >= 0.3 is 11.8 Å². The van der Waals surface area contributed by atoms with Crippen LogP contribution in [0.2, 0.25) is 10.0 Å². The van der Waals surface area contributed by atoms with E-state index in [2.05, 4.69) is 0 Å². The van der Waals surface area contributed by atoms with Crippen molar-refractivity contribution in [3.8, 4) is 0 Å². The van der Waals surface area contributed by atoms with Gasteiger partial charge in [0.15, 0.2) is 0 Å². The summed E-state index contributed by atoms with van der Waals surface area (Å²) in [6.07, 6.45) is 0. The third kappa shape index (κ3) is 4.94. The number of hydroxylamine groups is 2. The van der Waals surface area contributed by atoms with Crippen LogP contribution in [0, 0.1) is 0 Å². The Morgan fingerprint density at radius 3 is 1.67 bits per heavy atom. The highest BCUT2D eigenvalue weighted by Crippen LogP contribution is 2.18. The van der Waals surface area contributed by atoms with E-state index in [1.54, 1.807) is 48.5 Å². The number of amides is 2. The molecular weight excluding hydrogens is 355 g/mol. The number of carbonyl (C=O) groups excluding carboxylic acids is 2. The third-order valence-corrected chi connectivity index (χ3v) is 3.70. The summed E-state index contributed by atoms with van der Waals surface area (Å²) in [5.41, 5.74) is 6.22. The predicted molar refractivity (Wildman–Crippen MR) is 88.5 cm³/mol. The van der Waals surface area contributed by atoms with Crippen LogP contribution in [0.3, 0.4) is 0 Å². The highest BCUT2D eigenvalue weighted by Gasteiger charge is 2.22. The number of benzene rings is 2. The van der Waals surface area contributed by atoms with Crippen LogP contribution in [-0.4, -0.2) is 17.0 Å². The van der Waals surface area contributed by atoms with Gasteiger partial charge in [-0.2, -0.15) is 0 Å². The summed E-state index contributed by atoms with van der Waals surface area (Å²) in [5, 5.41) is 1.35. The summed E-state index contributed by atoms with van der Waals surface area (Å²) in [4.78, 5) is 33.4. The Morgan fingerprint density at radius 2 is 1.29 bits per heavy atom. The lowest BCUT2D eigenvalue weighted by atomic mass is 10.2. The molecule has 2 aromatic carbocycles. The molecule has 0 aromatic heterocycles. The molecule has 0 saturated heterocycles. The first-order valence-electron chi connectivity index (χ1n) is 6.85. The number of hydrogen-bond donors (Lipinski definition) is 1. The first-order valence-corrected chi connectivity index (χ1v) is 7.61. The van der Waals surface area contributed by atoms with Crippen molar-refractivity contribution in [3.05, 3.63) is 69.7 Å². The van der Waals surface area contributed by atoms with Gasteiger partial charge < -0.3 is 5.73 Å². The van der Waals surface area contributed by atoms with E-state index in [4.69, 9.17) is 38.6 Å². The quantitative estimate of drug-likeness (QED) is 0.627. The van der Waals surface area contributed by atoms with E-state index in [-0.39, 0.29) is 13.2 Å². The molecule has 0 radical (unpaired) electrons. The number of rotatable bonds is 6. The normalized spacial score (nSPS) is 10.4. The van der Waals surface area contributed by atoms with Crippen LogP contribution in [0.15, 0.2) is 48.5 Å². The molecule has 0 aliphatic rings. The average Bonchev–Trinajstić information content (AvgIpc) is 2.57. The Hall–Kier alpha value is -2.12. The third-order valence-electron chi connectivity index (χ3n) is 2.97. The molecule has 0 aliphatic heterocycles. The molecule has 2 amide bonds. The van der Waals surface area contributed by atoms with Crippen LogP contribution in [0.25, 0.3) is 0 Å². The van der Waals surface area contributed by atoms with E-state index in [0.29, 0.717) is 26.4 Å². The standard InChI is InChI=1S/C16H14Cl2N2O4/c17-13-7-3-1-5-11(13)9-23-20(16(22)15(19)21)24-10-12-6-2-4-8-14(12)18/h1-8H,9-10H2,(H2,19,21). The summed E-state index contributed by atoms with van der Waals surface area (Å²) in [6.45, 7) is -0.164. The van der Waals surface area contributed by atoms with E-state index < -0.39 is 11.8 Å². The van der Waals surface area contributed by atoms with Gasteiger partial charge in [0.2, 0.25) is 0 Å². The molecule has 6 nitrogen and oxygen atoms in total. The predicted octanol–water partition coefficient (Wildman–Crippen LogP) is 2.87. The fourth-order valence-corrected chi connectivity index (χ4v) is 2.11. The molecule has 0 spiro atoms. The summed E-state index contributed by atoms with van der Waals surface area (Å²) in [7, 11) is 0. The number of primary amides is 1. The van der Waals surface area contributed by atoms with Crippen LogP contribution < -0.4 is 5.73 Å². The number of nitrogens with two attached hydrogens (primary N) is 1. The van der Waals surface area contributed by atoms with Crippen LogP contribution in [0.4, 0.5) is 0 Å². The highest BCUT2D eigenvalue weighted by atomic mass is 35.5. The van der Waals surface area contributed by atoms with Gasteiger partial charge in [-0.15, -0.1) is 0 Å². The Labute approximate surface area is 148 Å². The van der Waals surface area contributed by atoms with Crippen LogP contribution in [-0.2, 0) is 32.5 Å². The topological polar surface area (TPSA) is 81.9 Å². The zero-order valence-electron chi connectivity index (χ0n) is 12.4. The molecule has 0 unspecified atom stereocenters. The van der Waals surface area contributed by atoms with Gasteiger partial charge in [0.25, 0.3) is 0 Å². The van der Waals surface area contributed by atoms with Gasteiger partial charge in [0, 0.05) is 10.0 Å². The minimum atomic E-state index is -1.21. The van der Waals surface area contributed by atoms with Gasteiger partial charge in [0.1, 0.15) is 13.2 Å². The number of nitrogens with zero attached hydrogens (tertiary/aromatic N) is 1. The van der Waals surface area contributed by atoms with Gasteiger partial charge in [0.05, 0.1) is 0 Å². The maximum Gasteiger partial charge on any atom is 0.361 e. The van der Waals surface area contributed by atoms with Gasteiger partial charge in [-0.3, -0.25) is 9.59 Å². The van der Waals surface area contributed by atoms with Crippen LogP contribution >= 0.6 is 23.2 Å². The number of halogens is 2. The summed E-state index contributed by atoms with van der Waals surface area (Å²) >= 11 is 12.0.